The summed E-state index contributed by atoms with van der Waals surface area (Å²) in [7, 11) is 0. The van der Waals surface area contributed by atoms with E-state index >= 15 is 0 Å². The molecular formula is C7HBrF3IN2O. The minimum atomic E-state index is -4.81. The first-order chi connectivity index (χ1) is 6.83. The molecule has 80 valence electrons. The fourth-order valence-corrected chi connectivity index (χ4v) is 1.50. The van der Waals surface area contributed by atoms with Crippen LogP contribution in [-0.2, 0) is 0 Å². The molecule has 0 atom stereocenters. The van der Waals surface area contributed by atoms with E-state index in [1.54, 1.807) is 28.7 Å². The second kappa shape index (κ2) is 4.52. The number of hydrogen-bond acceptors (Lipinski definition) is 3. The number of alkyl halides is 3. The Bertz CT molecular complexity index is 429. The highest BCUT2D eigenvalue weighted by atomic mass is 127. The van der Waals surface area contributed by atoms with Crippen LogP contribution >= 0.6 is 38.5 Å². The van der Waals surface area contributed by atoms with Crippen molar-refractivity contribution < 1.29 is 17.9 Å². The van der Waals surface area contributed by atoms with Crippen molar-refractivity contribution in [2.45, 2.75) is 6.36 Å². The van der Waals surface area contributed by atoms with Crippen LogP contribution in [-0.4, -0.2) is 11.3 Å². The standard InChI is InChI=1S/C7HBrF3IN2O/c8-3-1-5(15-7(9,10)11)14-4(2-13)6(3)12/h1H. The number of aromatic nitrogens is 1. The second-order valence-electron chi connectivity index (χ2n) is 2.26. The molecule has 0 aliphatic carbocycles. The molecule has 1 heterocycles. The van der Waals surface area contributed by atoms with Gasteiger partial charge in [0.05, 0.1) is 3.57 Å². The molecule has 3 nitrogen and oxygen atoms in total. The molecule has 0 aromatic carbocycles. The Kier molecular flexibility index (Phi) is 3.77. The van der Waals surface area contributed by atoms with Gasteiger partial charge in [0, 0.05) is 10.5 Å². The summed E-state index contributed by atoms with van der Waals surface area (Å²) >= 11 is 4.79. The van der Waals surface area contributed by atoms with E-state index in [2.05, 4.69) is 25.7 Å². The van der Waals surface area contributed by atoms with Gasteiger partial charge in [0.2, 0.25) is 5.88 Å². The summed E-state index contributed by atoms with van der Waals surface area (Å²) in [6.45, 7) is 0. The van der Waals surface area contributed by atoms with Crippen LogP contribution in [0, 0.1) is 14.9 Å². The zero-order valence-electron chi connectivity index (χ0n) is 6.77. The Balaban J connectivity index is 3.13. The van der Waals surface area contributed by atoms with E-state index in [1.165, 1.54) is 0 Å². The van der Waals surface area contributed by atoms with Crippen LogP contribution in [0.3, 0.4) is 0 Å². The lowest BCUT2D eigenvalue weighted by molar-refractivity contribution is -0.276. The van der Waals surface area contributed by atoms with Crippen molar-refractivity contribution in [1.29, 1.82) is 5.26 Å². The topological polar surface area (TPSA) is 45.9 Å². The number of ether oxygens (including phenoxy) is 1. The van der Waals surface area contributed by atoms with Crippen LogP contribution in [0.25, 0.3) is 0 Å². The number of nitrogens with zero attached hydrogens (tertiary/aromatic N) is 2. The number of pyridine rings is 1. The Morgan fingerprint density at radius 2 is 2.13 bits per heavy atom. The third kappa shape index (κ3) is 3.49. The first-order valence-corrected chi connectivity index (χ1v) is 5.22. The molecule has 0 saturated carbocycles. The summed E-state index contributed by atoms with van der Waals surface area (Å²) in [5, 5.41) is 8.59. The van der Waals surface area contributed by atoms with Gasteiger partial charge >= 0.3 is 6.36 Å². The fourth-order valence-electron chi connectivity index (χ4n) is 0.721. The van der Waals surface area contributed by atoms with Crippen molar-refractivity contribution in [3.8, 4) is 11.9 Å². The van der Waals surface area contributed by atoms with Crippen LogP contribution in [0.4, 0.5) is 13.2 Å². The van der Waals surface area contributed by atoms with Gasteiger partial charge in [0.1, 0.15) is 6.07 Å². The van der Waals surface area contributed by atoms with E-state index in [0.29, 0.717) is 8.04 Å². The normalized spacial score (nSPS) is 10.9. The molecular weight excluding hydrogens is 392 g/mol. The first kappa shape index (κ1) is 12.5. The van der Waals surface area contributed by atoms with E-state index in [4.69, 9.17) is 5.26 Å². The second-order valence-corrected chi connectivity index (χ2v) is 4.20. The molecule has 0 unspecified atom stereocenters. The molecule has 8 heteroatoms. The smallest absolute Gasteiger partial charge is 0.388 e. The minimum absolute atomic E-state index is 0.121. The predicted molar refractivity (Wildman–Crippen MR) is 56.1 cm³/mol. The van der Waals surface area contributed by atoms with Crippen molar-refractivity contribution in [2.24, 2.45) is 0 Å². The predicted octanol–water partition coefficient (Wildman–Crippen LogP) is 3.22. The quantitative estimate of drug-likeness (QED) is 0.689. The molecule has 0 N–H and O–H groups in total. The minimum Gasteiger partial charge on any atom is -0.388 e. The molecule has 0 radical (unpaired) electrons. The van der Waals surface area contributed by atoms with Gasteiger partial charge in [-0.15, -0.1) is 13.2 Å². The lowest BCUT2D eigenvalue weighted by atomic mass is 10.4. The summed E-state index contributed by atoms with van der Waals surface area (Å²) in [4.78, 5) is 3.40. The molecule has 0 bridgehead atoms. The van der Waals surface area contributed by atoms with E-state index < -0.39 is 12.2 Å². The molecule has 0 fully saturated rings. The van der Waals surface area contributed by atoms with Gasteiger partial charge in [0.25, 0.3) is 0 Å². The van der Waals surface area contributed by atoms with Gasteiger partial charge in [-0.3, -0.25) is 0 Å². The van der Waals surface area contributed by atoms with Gasteiger partial charge in [-0.25, -0.2) is 4.98 Å². The van der Waals surface area contributed by atoms with E-state index in [9.17, 15) is 13.2 Å². The van der Waals surface area contributed by atoms with Crippen LogP contribution in [0.1, 0.15) is 5.69 Å². The Hall–Kier alpha value is -0.560. The van der Waals surface area contributed by atoms with Crippen LogP contribution < -0.4 is 4.74 Å². The highest BCUT2D eigenvalue weighted by molar-refractivity contribution is 14.1. The Morgan fingerprint density at radius 1 is 1.53 bits per heavy atom. The van der Waals surface area contributed by atoms with Gasteiger partial charge in [-0.2, -0.15) is 5.26 Å². The number of rotatable bonds is 1. The van der Waals surface area contributed by atoms with Crippen molar-refractivity contribution in [2.75, 3.05) is 0 Å². The molecule has 0 aliphatic heterocycles. The summed E-state index contributed by atoms with van der Waals surface area (Å²) in [5.41, 5.74) is -0.121. The Morgan fingerprint density at radius 3 is 2.60 bits per heavy atom. The first-order valence-electron chi connectivity index (χ1n) is 3.35. The molecule has 15 heavy (non-hydrogen) atoms. The lowest BCUT2D eigenvalue weighted by Crippen LogP contribution is -2.18. The highest BCUT2D eigenvalue weighted by Gasteiger charge is 2.32. The third-order valence-corrected chi connectivity index (χ3v) is 3.67. The summed E-state index contributed by atoms with van der Waals surface area (Å²) in [6.07, 6.45) is -4.81. The zero-order valence-corrected chi connectivity index (χ0v) is 10.5. The molecule has 0 amide bonds. The average molecular weight is 393 g/mol. The maximum atomic E-state index is 11.8. The Labute approximate surface area is 105 Å². The lowest BCUT2D eigenvalue weighted by Gasteiger charge is -2.08. The van der Waals surface area contributed by atoms with Crippen molar-refractivity contribution in [1.82, 2.24) is 4.98 Å². The van der Waals surface area contributed by atoms with Gasteiger partial charge in [-0.05, 0) is 38.5 Å². The van der Waals surface area contributed by atoms with E-state index in [0.717, 1.165) is 6.07 Å². The maximum absolute atomic E-state index is 11.8. The van der Waals surface area contributed by atoms with Gasteiger partial charge in [0.15, 0.2) is 5.69 Å². The fraction of sp³-hybridized carbons (Fsp3) is 0.143. The van der Waals surface area contributed by atoms with Gasteiger partial charge in [-0.1, -0.05) is 0 Å². The highest BCUT2D eigenvalue weighted by Crippen LogP contribution is 2.28. The summed E-state index contributed by atoms with van der Waals surface area (Å²) in [5.74, 6) is -0.661. The number of nitriles is 1. The zero-order chi connectivity index (χ0) is 11.6. The van der Waals surface area contributed by atoms with Crippen molar-refractivity contribution in [3.05, 3.63) is 19.8 Å². The molecule has 1 aromatic rings. The van der Waals surface area contributed by atoms with Crippen LogP contribution in [0.2, 0.25) is 0 Å². The number of hydrogen-bond donors (Lipinski definition) is 0. The van der Waals surface area contributed by atoms with Crippen LogP contribution in [0.5, 0.6) is 5.88 Å². The molecule has 0 aliphatic rings. The monoisotopic (exact) mass is 392 g/mol. The van der Waals surface area contributed by atoms with Crippen molar-refractivity contribution >= 4 is 38.5 Å². The summed E-state index contributed by atoms with van der Waals surface area (Å²) < 4.78 is 39.9. The largest absolute Gasteiger partial charge is 0.574 e. The van der Waals surface area contributed by atoms with Crippen LogP contribution in [0.15, 0.2) is 10.5 Å². The SMILES string of the molecule is N#Cc1nc(OC(F)(F)F)cc(Br)c1I. The maximum Gasteiger partial charge on any atom is 0.574 e. The number of halogens is 5. The molecule has 0 saturated heterocycles. The summed E-state index contributed by atoms with van der Waals surface area (Å²) in [6, 6.07) is 2.72. The van der Waals surface area contributed by atoms with Gasteiger partial charge < -0.3 is 4.74 Å². The average Bonchev–Trinajstić information content (AvgIpc) is 2.08. The van der Waals surface area contributed by atoms with E-state index in [-0.39, 0.29) is 5.69 Å². The molecule has 1 rings (SSSR count). The molecule has 1 aromatic heterocycles. The molecule has 0 spiro atoms. The van der Waals surface area contributed by atoms with Crippen molar-refractivity contribution in [3.63, 3.8) is 0 Å². The third-order valence-electron chi connectivity index (χ3n) is 1.22. The van der Waals surface area contributed by atoms with E-state index in [1.807, 2.05) is 0 Å².